The first-order valence-electron chi connectivity index (χ1n) is 11.6. The first kappa shape index (κ1) is 31.2. The van der Waals surface area contributed by atoms with Gasteiger partial charge in [0, 0.05) is 25.7 Å². The SMILES string of the molecule is FCF.O=C(O)C(F)(F)F.O=C1CN(C2CCCCC2)C(=O)C2(CNC2)N1Cc1ccc(C(F)(F)F)cc1. The Morgan fingerprint density at radius 2 is 1.47 bits per heavy atom. The number of rotatable bonds is 3. The summed E-state index contributed by atoms with van der Waals surface area (Å²) in [6, 6.07) is 4.93. The number of carbonyl (C=O) groups is 3. The Kier molecular flexibility index (Phi) is 10.5. The predicted octanol–water partition coefficient (Wildman–Crippen LogP) is 4.07. The fourth-order valence-electron chi connectivity index (χ4n) is 4.54. The van der Waals surface area contributed by atoms with Crippen LogP contribution in [0.15, 0.2) is 24.3 Å². The number of aliphatic carboxylic acids is 1. The van der Waals surface area contributed by atoms with Crippen molar-refractivity contribution in [3.8, 4) is 0 Å². The molecule has 15 heteroatoms. The number of carbonyl (C=O) groups excluding carboxylic acids is 2. The van der Waals surface area contributed by atoms with Crippen molar-refractivity contribution in [2.24, 2.45) is 0 Å². The van der Waals surface area contributed by atoms with Crippen molar-refractivity contribution in [3.63, 3.8) is 0 Å². The second-order valence-electron chi connectivity index (χ2n) is 8.94. The Hall–Kier alpha value is -2.97. The van der Waals surface area contributed by atoms with Gasteiger partial charge in [0.05, 0.1) is 5.56 Å². The van der Waals surface area contributed by atoms with Crippen LogP contribution in [0.1, 0.15) is 43.2 Å². The molecule has 2 N–H and O–H groups in total. The van der Waals surface area contributed by atoms with Crippen LogP contribution in [0.4, 0.5) is 35.1 Å². The number of benzene rings is 1. The van der Waals surface area contributed by atoms with Gasteiger partial charge in [-0.2, -0.15) is 26.3 Å². The number of hydrogen-bond donors (Lipinski definition) is 2. The number of carboxylic acids is 1. The molecule has 2 aliphatic heterocycles. The molecule has 0 radical (unpaired) electrons. The molecule has 0 atom stereocenters. The summed E-state index contributed by atoms with van der Waals surface area (Å²) in [6.07, 6.45) is -4.30. The zero-order chi connectivity index (χ0) is 28.7. The third kappa shape index (κ3) is 7.54. The monoisotopic (exact) mass is 561 g/mol. The van der Waals surface area contributed by atoms with Crippen molar-refractivity contribution >= 4 is 17.8 Å². The van der Waals surface area contributed by atoms with E-state index < -0.39 is 36.4 Å². The Bertz CT molecular complexity index is 959. The van der Waals surface area contributed by atoms with Crippen molar-refractivity contribution in [1.82, 2.24) is 15.1 Å². The predicted molar refractivity (Wildman–Crippen MR) is 117 cm³/mol. The summed E-state index contributed by atoms with van der Waals surface area (Å²) < 4.78 is 89.3. The second kappa shape index (κ2) is 12.7. The van der Waals surface area contributed by atoms with Gasteiger partial charge in [0.15, 0.2) is 0 Å². The summed E-state index contributed by atoms with van der Waals surface area (Å²) in [7, 11) is 0. The molecule has 7 nitrogen and oxygen atoms in total. The van der Waals surface area contributed by atoms with Crippen molar-refractivity contribution < 1.29 is 54.6 Å². The van der Waals surface area contributed by atoms with Gasteiger partial charge in [0.25, 0.3) is 5.91 Å². The Morgan fingerprint density at radius 3 is 1.87 bits per heavy atom. The Balaban J connectivity index is 0.000000436. The minimum absolute atomic E-state index is 0.0235. The van der Waals surface area contributed by atoms with E-state index in [9.17, 15) is 44.7 Å². The van der Waals surface area contributed by atoms with Crippen molar-refractivity contribution in [2.75, 3.05) is 26.6 Å². The number of hydrogen-bond acceptors (Lipinski definition) is 4. The van der Waals surface area contributed by atoms with Crippen LogP contribution in [0.2, 0.25) is 0 Å². The van der Waals surface area contributed by atoms with E-state index in [0.29, 0.717) is 18.7 Å². The van der Waals surface area contributed by atoms with Crippen molar-refractivity contribution in [1.29, 1.82) is 0 Å². The molecule has 3 fully saturated rings. The number of amides is 2. The normalized spacial score (nSPS) is 19.7. The van der Waals surface area contributed by atoms with Crippen molar-refractivity contribution in [2.45, 2.75) is 62.6 Å². The number of halogens is 8. The molecule has 214 valence electrons. The number of alkyl halides is 8. The molecule has 1 aromatic rings. The van der Waals surface area contributed by atoms with Gasteiger partial charge >= 0.3 is 18.3 Å². The summed E-state index contributed by atoms with van der Waals surface area (Å²) in [4.78, 5) is 38.5. The fraction of sp³-hybridized carbons (Fsp3) is 0.609. The molecule has 1 spiro atoms. The number of piperazine rings is 1. The Labute approximate surface area is 212 Å². The average Bonchev–Trinajstić information content (AvgIpc) is 2.81. The quantitative estimate of drug-likeness (QED) is 0.544. The lowest BCUT2D eigenvalue weighted by Crippen LogP contribution is -2.80. The molecular formula is C23H27F8N3O4. The van der Waals surface area contributed by atoms with Gasteiger partial charge < -0.3 is 20.2 Å². The molecule has 1 aromatic carbocycles. The molecule has 38 heavy (non-hydrogen) atoms. The zero-order valence-corrected chi connectivity index (χ0v) is 20.0. The highest BCUT2D eigenvalue weighted by atomic mass is 19.4. The highest BCUT2D eigenvalue weighted by molar-refractivity contribution is 5.99. The van der Waals surface area contributed by atoms with E-state index in [1.165, 1.54) is 18.6 Å². The van der Waals surface area contributed by atoms with Crippen LogP contribution < -0.4 is 5.32 Å². The van der Waals surface area contributed by atoms with Gasteiger partial charge in [-0.3, -0.25) is 9.59 Å². The first-order valence-corrected chi connectivity index (χ1v) is 11.6. The molecule has 0 aromatic heterocycles. The molecule has 4 rings (SSSR count). The van der Waals surface area contributed by atoms with Crippen LogP contribution in [0.3, 0.4) is 0 Å². The lowest BCUT2D eigenvalue weighted by Gasteiger charge is -2.55. The minimum Gasteiger partial charge on any atom is -0.475 e. The molecular weight excluding hydrogens is 534 g/mol. The van der Waals surface area contributed by atoms with Crippen LogP contribution in [0.5, 0.6) is 0 Å². The highest BCUT2D eigenvalue weighted by Gasteiger charge is 2.57. The molecule has 3 aliphatic rings. The minimum atomic E-state index is -5.08. The fourth-order valence-corrected chi connectivity index (χ4v) is 4.54. The van der Waals surface area contributed by atoms with E-state index in [1.54, 1.807) is 9.80 Å². The maximum absolute atomic E-state index is 13.3. The third-order valence-corrected chi connectivity index (χ3v) is 6.50. The topological polar surface area (TPSA) is 90.0 Å². The summed E-state index contributed by atoms with van der Waals surface area (Å²) >= 11 is 0. The van der Waals surface area contributed by atoms with Crippen LogP contribution in [-0.2, 0) is 27.1 Å². The third-order valence-electron chi connectivity index (χ3n) is 6.50. The van der Waals surface area contributed by atoms with Gasteiger partial charge in [-0.05, 0) is 30.5 Å². The van der Waals surface area contributed by atoms with Gasteiger partial charge in [0.2, 0.25) is 12.8 Å². The summed E-state index contributed by atoms with van der Waals surface area (Å²) in [5.41, 5.74) is -1.04. The summed E-state index contributed by atoms with van der Waals surface area (Å²) in [5.74, 6) is -2.91. The standard InChI is InChI=1S/C20H24F3N3O2.C2HF3O2.CH2F2/c21-20(22,23)15-8-6-14(7-9-15)10-26-17(27)11-25(16-4-2-1-3-5-16)18(28)19(26)12-24-13-19;3-2(4,5)1(6)7;2-1-3/h6-9,16,24H,1-5,10-13H2;(H,6,7);1H2. The zero-order valence-electron chi connectivity index (χ0n) is 20.0. The number of nitrogens with zero attached hydrogens (tertiary/aromatic N) is 2. The van der Waals surface area contributed by atoms with Crippen LogP contribution >= 0.6 is 0 Å². The number of nitrogens with one attached hydrogen (secondary N) is 1. The van der Waals surface area contributed by atoms with E-state index in [0.717, 1.165) is 37.8 Å². The molecule has 1 aliphatic carbocycles. The molecule has 2 heterocycles. The average molecular weight is 561 g/mol. The maximum atomic E-state index is 13.3. The summed E-state index contributed by atoms with van der Waals surface area (Å²) in [5, 5.41) is 10.2. The van der Waals surface area contributed by atoms with E-state index in [2.05, 4.69) is 5.32 Å². The van der Waals surface area contributed by atoms with Crippen LogP contribution in [0.25, 0.3) is 0 Å². The van der Waals surface area contributed by atoms with E-state index in [1.807, 2.05) is 0 Å². The Morgan fingerprint density at radius 1 is 0.974 bits per heavy atom. The second-order valence-corrected chi connectivity index (χ2v) is 8.94. The number of carboxylic acid groups (broad SMARTS) is 1. The first-order chi connectivity index (χ1) is 17.7. The van der Waals surface area contributed by atoms with Gasteiger partial charge in [-0.15, -0.1) is 0 Å². The lowest BCUT2D eigenvalue weighted by atomic mass is 9.83. The van der Waals surface area contributed by atoms with E-state index in [-0.39, 0.29) is 30.9 Å². The lowest BCUT2D eigenvalue weighted by molar-refractivity contribution is -0.192. The van der Waals surface area contributed by atoms with E-state index >= 15 is 0 Å². The molecule has 1 saturated carbocycles. The van der Waals surface area contributed by atoms with Crippen LogP contribution in [-0.4, -0.2) is 77.0 Å². The van der Waals surface area contributed by atoms with Crippen LogP contribution in [0, 0.1) is 0 Å². The van der Waals surface area contributed by atoms with Gasteiger partial charge in [-0.1, -0.05) is 31.4 Å². The maximum Gasteiger partial charge on any atom is 0.490 e. The summed E-state index contributed by atoms with van der Waals surface area (Å²) in [6.45, 7) is -0.766. The smallest absolute Gasteiger partial charge is 0.475 e. The molecule has 2 saturated heterocycles. The molecule has 0 bridgehead atoms. The largest absolute Gasteiger partial charge is 0.490 e. The highest BCUT2D eigenvalue weighted by Crippen LogP contribution is 2.34. The van der Waals surface area contributed by atoms with Crippen molar-refractivity contribution in [3.05, 3.63) is 35.4 Å². The van der Waals surface area contributed by atoms with E-state index in [4.69, 9.17) is 9.90 Å². The molecule has 0 unspecified atom stereocenters. The molecule has 2 amide bonds. The van der Waals surface area contributed by atoms with Gasteiger partial charge in [-0.25, -0.2) is 13.6 Å². The van der Waals surface area contributed by atoms with Gasteiger partial charge in [0.1, 0.15) is 12.1 Å².